The first-order chi connectivity index (χ1) is 19.2. The highest BCUT2D eigenvalue weighted by Crippen LogP contribution is 2.28. The van der Waals surface area contributed by atoms with E-state index >= 15 is 0 Å². The molecule has 0 saturated carbocycles. The predicted molar refractivity (Wildman–Crippen MR) is 161 cm³/mol. The zero-order valence-electron chi connectivity index (χ0n) is 25.8. The summed E-state index contributed by atoms with van der Waals surface area (Å²) in [7, 11) is 2.00. The van der Waals surface area contributed by atoms with E-state index in [4.69, 9.17) is 9.47 Å². The molecule has 1 aromatic rings. The lowest BCUT2D eigenvalue weighted by Gasteiger charge is -2.35. The molecule has 1 aliphatic rings. The normalized spacial score (nSPS) is 22.1. The van der Waals surface area contributed by atoms with Crippen molar-refractivity contribution in [3.8, 4) is 5.75 Å². The number of hydrogen-bond acceptors (Lipinski definition) is 8. The van der Waals surface area contributed by atoms with Gasteiger partial charge in [-0.05, 0) is 78.4 Å². The first kappa shape index (κ1) is 34.9. The average molecular weight is 599 g/mol. The van der Waals surface area contributed by atoms with E-state index in [0.29, 0.717) is 36.4 Å². The molecule has 0 radical (unpaired) electrons. The molecule has 11 nitrogen and oxygen atoms in total. The SMILES string of the molecule is C[C@@H]1CN([C@@H](C)CO)C(=O)c2cc(NC(=O)CCCN(C)C)ccc2O[C@@H](C)CCCCO[C@@H]1CN(C)S(C)(=O)=O. The zero-order chi connectivity index (χ0) is 30.7. The van der Waals surface area contributed by atoms with E-state index < -0.39 is 22.2 Å². The molecule has 0 bridgehead atoms. The maximum absolute atomic E-state index is 14.1. The molecule has 2 rings (SSSR count). The van der Waals surface area contributed by atoms with E-state index in [1.54, 1.807) is 30.0 Å². The molecule has 0 fully saturated rings. The summed E-state index contributed by atoms with van der Waals surface area (Å²) in [6.45, 7) is 6.97. The second-order valence-corrected chi connectivity index (χ2v) is 13.6. The van der Waals surface area contributed by atoms with Crippen LogP contribution in [0.15, 0.2) is 18.2 Å². The van der Waals surface area contributed by atoms with Crippen molar-refractivity contribution in [1.29, 1.82) is 0 Å². The molecule has 0 aromatic heterocycles. The Balaban J connectivity index is 2.43. The summed E-state index contributed by atoms with van der Waals surface area (Å²) in [5.74, 6) is -0.323. The molecule has 0 unspecified atom stereocenters. The van der Waals surface area contributed by atoms with Gasteiger partial charge in [0.2, 0.25) is 15.9 Å². The van der Waals surface area contributed by atoms with Gasteiger partial charge in [0.05, 0.1) is 36.7 Å². The second-order valence-electron chi connectivity index (χ2n) is 11.5. The fourth-order valence-corrected chi connectivity index (χ4v) is 5.05. The third kappa shape index (κ3) is 11.5. The lowest BCUT2D eigenvalue weighted by molar-refractivity contribution is -0.116. The van der Waals surface area contributed by atoms with Crippen molar-refractivity contribution < 1.29 is 32.6 Å². The number of anilines is 1. The van der Waals surface area contributed by atoms with Gasteiger partial charge in [-0.25, -0.2) is 12.7 Å². The van der Waals surface area contributed by atoms with Crippen LogP contribution < -0.4 is 10.1 Å². The summed E-state index contributed by atoms with van der Waals surface area (Å²) in [5, 5.41) is 13.0. The molecule has 1 heterocycles. The molecular formula is C29H50N4O7S. The van der Waals surface area contributed by atoms with Crippen molar-refractivity contribution in [2.75, 3.05) is 65.6 Å². The van der Waals surface area contributed by atoms with Crippen molar-refractivity contribution in [1.82, 2.24) is 14.1 Å². The molecule has 4 atom stereocenters. The first-order valence-corrected chi connectivity index (χ1v) is 16.3. The molecule has 12 heteroatoms. The summed E-state index contributed by atoms with van der Waals surface area (Å²) in [4.78, 5) is 30.3. The molecule has 1 aromatic carbocycles. The summed E-state index contributed by atoms with van der Waals surface area (Å²) in [5.41, 5.74) is 0.781. The molecule has 2 amide bonds. The van der Waals surface area contributed by atoms with Crippen molar-refractivity contribution in [3.05, 3.63) is 23.8 Å². The summed E-state index contributed by atoms with van der Waals surface area (Å²) < 4.78 is 37.9. The van der Waals surface area contributed by atoms with E-state index in [2.05, 4.69) is 5.32 Å². The molecular weight excluding hydrogens is 548 g/mol. The van der Waals surface area contributed by atoms with Crippen LogP contribution in [-0.2, 0) is 19.6 Å². The third-order valence-electron chi connectivity index (χ3n) is 7.35. The van der Waals surface area contributed by atoms with Crippen LogP contribution in [-0.4, -0.2) is 118 Å². The minimum Gasteiger partial charge on any atom is -0.490 e. The number of ether oxygens (including phenoxy) is 2. The van der Waals surface area contributed by atoms with Crippen molar-refractivity contribution in [3.63, 3.8) is 0 Å². The van der Waals surface area contributed by atoms with Gasteiger partial charge in [-0.1, -0.05) is 6.92 Å². The van der Waals surface area contributed by atoms with E-state index in [0.717, 1.165) is 32.1 Å². The smallest absolute Gasteiger partial charge is 0.258 e. The molecule has 2 N–H and O–H groups in total. The van der Waals surface area contributed by atoms with Crippen molar-refractivity contribution in [2.24, 2.45) is 5.92 Å². The lowest BCUT2D eigenvalue weighted by Crippen LogP contribution is -2.47. The van der Waals surface area contributed by atoms with Gasteiger partial charge in [0.1, 0.15) is 5.75 Å². The predicted octanol–water partition coefficient (Wildman–Crippen LogP) is 2.65. The topological polar surface area (TPSA) is 129 Å². The van der Waals surface area contributed by atoms with Gasteiger partial charge >= 0.3 is 0 Å². The standard InChI is InChI=1S/C29H50N4O7S/c1-21-18-33(22(2)20-34)29(36)25-17-24(30-28(35)12-10-15-31(4)5)13-14-26(25)40-23(3)11-8-9-16-39-27(21)19-32(6)41(7,37)38/h13-14,17,21-23,27,34H,8-12,15-16,18-20H2,1-7H3,(H,30,35)/t21-,22+,23+,27-/m1/s1. The number of nitrogens with zero attached hydrogens (tertiary/aromatic N) is 3. The zero-order valence-corrected chi connectivity index (χ0v) is 26.6. The van der Waals surface area contributed by atoms with E-state index in [1.807, 2.05) is 32.8 Å². The van der Waals surface area contributed by atoms with Crippen LogP contribution in [0, 0.1) is 5.92 Å². The number of likely N-dealkylation sites (N-methyl/N-ethyl adjacent to an activating group) is 1. The Hall–Kier alpha value is -2.25. The van der Waals surface area contributed by atoms with Crippen LogP contribution >= 0.6 is 0 Å². The summed E-state index contributed by atoms with van der Waals surface area (Å²) >= 11 is 0. The lowest BCUT2D eigenvalue weighted by atomic mass is 10.0. The van der Waals surface area contributed by atoms with Gasteiger partial charge in [-0.3, -0.25) is 9.59 Å². The van der Waals surface area contributed by atoms with Gasteiger partial charge in [0, 0.05) is 44.8 Å². The number of aliphatic hydroxyl groups is 1. The quantitative estimate of drug-likeness (QED) is 0.421. The highest BCUT2D eigenvalue weighted by Gasteiger charge is 2.31. The van der Waals surface area contributed by atoms with E-state index in [1.165, 1.54) is 11.4 Å². The first-order valence-electron chi connectivity index (χ1n) is 14.4. The average Bonchev–Trinajstić information content (AvgIpc) is 2.89. The minimum absolute atomic E-state index is 0.140. The molecule has 0 spiro atoms. The van der Waals surface area contributed by atoms with Crippen molar-refractivity contribution >= 4 is 27.5 Å². The van der Waals surface area contributed by atoms with Crippen LogP contribution in [0.1, 0.15) is 63.2 Å². The molecule has 1 aliphatic heterocycles. The Morgan fingerprint density at radius 1 is 1.22 bits per heavy atom. The van der Waals surface area contributed by atoms with Crippen molar-refractivity contribution in [2.45, 2.75) is 71.1 Å². The maximum Gasteiger partial charge on any atom is 0.258 e. The number of amides is 2. The van der Waals surface area contributed by atoms with Gasteiger partial charge in [0.25, 0.3) is 5.91 Å². The van der Waals surface area contributed by atoms with Gasteiger partial charge < -0.3 is 29.7 Å². The Labute approximate surface area is 246 Å². The number of nitrogens with one attached hydrogen (secondary N) is 1. The number of sulfonamides is 1. The second kappa shape index (κ2) is 16.4. The third-order valence-corrected chi connectivity index (χ3v) is 8.63. The highest BCUT2D eigenvalue weighted by atomic mass is 32.2. The number of aliphatic hydroxyl groups excluding tert-OH is 1. The summed E-state index contributed by atoms with van der Waals surface area (Å²) in [6.07, 6.45) is 3.93. The largest absolute Gasteiger partial charge is 0.490 e. The summed E-state index contributed by atoms with van der Waals surface area (Å²) in [6, 6.07) is 4.55. The maximum atomic E-state index is 14.1. The van der Waals surface area contributed by atoms with Crippen LogP contribution in [0.3, 0.4) is 0 Å². The molecule has 41 heavy (non-hydrogen) atoms. The minimum atomic E-state index is -3.42. The molecule has 234 valence electrons. The number of hydrogen-bond donors (Lipinski definition) is 2. The Kier molecular flexibility index (Phi) is 14.0. The number of carbonyl (C=O) groups is 2. The number of benzene rings is 1. The van der Waals surface area contributed by atoms with Crippen LogP contribution in [0.2, 0.25) is 0 Å². The van der Waals surface area contributed by atoms with Crippen LogP contribution in [0.5, 0.6) is 5.75 Å². The van der Waals surface area contributed by atoms with Crippen LogP contribution in [0.25, 0.3) is 0 Å². The van der Waals surface area contributed by atoms with E-state index in [9.17, 15) is 23.1 Å². The Morgan fingerprint density at radius 2 is 1.93 bits per heavy atom. The number of rotatable bonds is 10. The fraction of sp³-hybridized carbons (Fsp3) is 0.724. The molecule has 0 aliphatic carbocycles. The van der Waals surface area contributed by atoms with E-state index in [-0.39, 0.29) is 43.5 Å². The highest BCUT2D eigenvalue weighted by molar-refractivity contribution is 7.88. The number of fused-ring (bicyclic) bond motifs is 1. The molecule has 0 saturated heterocycles. The monoisotopic (exact) mass is 598 g/mol. The fourth-order valence-electron chi connectivity index (χ4n) is 4.63. The number of carbonyl (C=O) groups excluding carboxylic acids is 2. The van der Waals surface area contributed by atoms with Gasteiger partial charge in [-0.15, -0.1) is 0 Å². The van der Waals surface area contributed by atoms with Crippen LogP contribution in [0.4, 0.5) is 5.69 Å². The Morgan fingerprint density at radius 3 is 2.56 bits per heavy atom. The van der Waals surface area contributed by atoms with Gasteiger partial charge in [0.15, 0.2) is 0 Å². The van der Waals surface area contributed by atoms with Gasteiger partial charge in [-0.2, -0.15) is 0 Å². The Bertz CT molecular complexity index is 1100.